The van der Waals surface area contributed by atoms with E-state index in [1.54, 1.807) is 18.3 Å². The van der Waals surface area contributed by atoms with E-state index >= 15 is 0 Å². The number of amides is 1. The molecule has 0 aliphatic carbocycles. The van der Waals surface area contributed by atoms with Crippen LogP contribution in [-0.2, 0) is 11.3 Å². The van der Waals surface area contributed by atoms with Gasteiger partial charge in [-0.2, -0.15) is 0 Å². The molecule has 0 fully saturated rings. The minimum Gasteiger partial charge on any atom is -0.352 e. The number of aromatic nitrogens is 1. The smallest absolute Gasteiger partial charge is 0.265 e. The van der Waals surface area contributed by atoms with Gasteiger partial charge in [-0.15, -0.1) is 0 Å². The van der Waals surface area contributed by atoms with Gasteiger partial charge in [0.2, 0.25) is 5.91 Å². The molecule has 1 aromatic heterocycles. The Hall–Kier alpha value is -1.10. The fourth-order valence-corrected chi connectivity index (χ4v) is 1.99. The Balaban J connectivity index is 2.62. The highest BCUT2D eigenvalue weighted by Gasteiger charge is 2.08. The van der Waals surface area contributed by atoms with Gasteiger partial charge in [-0.25, -0.2) is 0 Å². The van der Waals surface area contributed by atoms with Crippen molar-refractivity contribution < 1.29 is 4.79 Å². The summed E-state index contributed by atoms with van der Waals surface area (Å²) in [7, 11) is 0. The number of carbonyl (C=O) groups is 1. The zero-order valence-corrected chi connectivity index (χ0v) is 11.7. The van der Waals surface area contributed by atoms with Crippen molar-refractivity contribution in [3.8, 4) is 0 Å². The van der Waals surface area contributed by atoms with Crippen molar-refractivity contribution in [1.29, 1.82) is 0 Å². The molecular formula is C12H17BrN2O2. The predicted molar refractivity (Wildman–Crippen MR) is 70.9 cm³/mol. The number of hydrogen-bond donors (Lipinski definition) is 1. The van der Waals surface area contributed by atoms with E-state index in [2.05, 4.69) is 28.2 Å². The van der Waals surface area contributed by atoms with E-state index < -0.39 is 0 Å². The molecule has 1 heterocycles. The van der Waals surface area contributed by atoms with E-state index in [4.69, 9.17) is 0 Å². The molecule has 1 amide bonds. The van der Waals surface area contributed by atoms with Gasteiger partial charge < -0.3 is 9.88 Å². The molecule has 0 aromatic carbocycles. The molecule has 1 N–H and O–H groups in total. The Morgan fingerprint density at radius 3 is 2.94 bits per heavy atom. The number of pyridine rings is 1. The summed E-state index contributed by atoms with van der Waals surface area (Å²) in [5, 5.41) is 2.86. The predicted octanol–water partition coefficient (Wildman–Crippen LogP) is 1.92. The van der Waals surface area contributed by atoms with Crippen LogP contribution in [0.3, 0.4) is 0 Å². The maximum absolute atomic E-state index is 11.7. The Kier molecular flexibility index (Phi) is 5.41. The molecule has 1 unspecified atom stereocenters. The van der Waals surface area contributed by atoms with Crippen LogP contribution in [0.2, 0.25) is 0 Å². The number of rotatable bonds is 5. The maximum Gasteiger partial charge on any atom is 0.265 e. The van der Waals surface area contributed by atoms with Crippen molar-refractivity contribution in [2.75, 3.05) is 0 Å². The quantitative estimate of drug-likeness (QED) is 0.903. The number of carbonyl (C=O) groups excluding carboxylic acids is 1. The highest BCUT2D eigenvalue weighted by atomic mass is 79.9. The number of nitrogens with zero attached hydrogens (tertiary/aromatic N) is 1. The summed E-state index contributed by atoms with van der Waals surface area (Å²) in [4.78, 5) is 23.3. The summed E-state index contributed by atoms with van der Waals surface area (Å²) in [5.41, 5.74) is -0.189. The minimum atomic E-state index is -0.189. The van der Waals surface area contributed by atoms with Gasteiger partial charge in [0, 0.05) is 12.2 Å². The van der Waals surface area contributed by atoms with E-state index in [9.17, 15) is 9.59 Å². The van der Waals surface area contributed by atoms with Crippen LogP contribution < -0.4 is 10.9 Å². The Labute approximate surface area is 109 Å². The molecule has 1 atom stereocenters. The normalized spacial score (nSPS) is 12.2. The second kappa shape index (κ2) is 6.59. The van der Waals surface area contributed by atoms with Crippen molar-refractivity contribution in [2.45, 2.75) is 39.3 Å². The summed E-state index contributed by atoms with van der Waals surface area (Å²) < 4.78 is 1.85. The van der Waals surface area contributed by atoms with E-state index in [0.29, 0.717) is 4.47 Å². The van der Waals surface area contributed by atoms with Gasteiger partial charge in [0.25, 0.3) is 5.56 Å². The summed E-state index contributed by atoms with van der Waals surface area (Å²) >= 11 is 3.15. The van der Waals surface area contributed by atoms with Gasteiger partial charge in [-0.3, -0.25) is 9.59 Å². The fraction of sp³-hybridized carbons (Fsp3) is 0.500. The molecule has 5 heteroatoms. The van der Waals surface area contributed by atoms with Crippen molar-refractivity contribution in [3.63, 3.8) is 0 Å². The summed E-state index contributed by atoms with van der Waals surface area (Å²) in [5.74, 6) is -0.133. The van der Waals surface area contributed by atoms with Crippen LogP contribution in [0.4, 0.5) is 0 Å². The number of hydrogen-bond acceptors (Lipinski definition) is 2. The molecular weight excluding hydrogens is 284 g/mol. The van der Waals surface area contributed by atoms with Gasteiger partial charge in [-0.1, -0.05) is 13.3 Å². The average Bonchev–Trinajstić information content (AvgIpc) is 2.25. The molecule has 4 nitrogen and oxygen atoms in total. The molecule has 0 saturated carbocycles. The summed E-state index contributed by atoms with van der Waals surface area (Å²) in [6.07, 6.45) is 3.58. The van der Waals surface area contributed by atoms with Gasteiger partial charge in [-0.05, 0) is 41.4 Å². The molecule has 0 spiro atoms. The second-order valence-electron chi connectivity index (χ2n) is 4.05. The molecule has 1 rings (SSSR count). The van der Waals surface area contributed by atoms with E-state index in [1.807, 2.05) is 6.92 Å². The fourth-order valence-electron chi connectivity index (χ4n) is 1.61. The van der Waals surface area contributed by atoms with Crippen molar-refractivity contribution in [3.05, 3.63) is 33.2 Å². The lowest BCUT2D eigenvalue weighted by molar-refractivity contribution is -0.122. The molecule has 0 aliphatic rings. The van der Waals surface area contributed by atoms with Gasteiger partial charge >= 0.3 is 0 Å². The van der Waals surface area contributed by atoms with Gasteiger partial charge in [0.15, 0.2) is 0 Å². The first-order valence-electron chi connectivity index (χ1n) is 5.69. The van der Waals surface area contributed by atoms with Crippen LogP contribution in [0.15, 0.2) is 27.6 Å². The molecule has 0 aliphatic heterocycles. The van der Waals surface area contributed by atoms with E-state index in [0.717, 1.165) is 12.8 Å². The zero-order valence-electron chi connectivity index (χ0n) is 10.1. The maximum atomic E-state index is 11.7. The van der Waals surface area contributed by atoms with Crippen LogP contribution in [0.25, 0.3) is 0 Å². The second-order valence-corrected chi connectivity index (χ2v) is 4.90. The van der Waals surface area contributed by atoms with E-state index in [1.165, 1.54) is 4.57 Å². The lowest BCUT2D eigenvalue weighted by Gasteiger charge is -2.13. The first-order valence-corrected chi connectivity index (χ1v) is 6.48. The molecule has 94 valence electrons. The molecule has 17 heavy (non-hydrogen) atoms. The summed E-state index contributed by atoms with van der Waals surface area (Å²) in [6.45, 7) is 4.10. The molecule has 0 bridgehead atoms. The van der Waals surface area contributed by atoms with Crippen LogP contribution in [-0.4, -0.2) is 16.5 Å². The first-order chi connectivity index (χ1) is 8.04. The number of nitrogens with one attached hydrogen (secondary N) is 1. The molecule has 1 aromatic rings. The SMILES string of the molecule is CCCC(C)NC(=O)Cn1cccc(Br)c1=O. The van der Waals surface area contributed by atoms with Crippen LogP contribution in [0.5, 0.6) is 0 Å². The third-order valence-electron chi connectivity index (χ3n) is 2.42. The Morgan fingerprint density at radius 1 is 1.59 bits per heavy atom. The number of halogens is 1. The summed E-state index contributed by atoms with van der Waals surface area (Å²) in [6, 6.07) is 3.54. The molecule has 0 saturated heterocycles. The minimum absolute atomic E-state index is 0.0618. The standard InChI is InChI=1S/C12H17BrN2O2/c1-3-5-9(2)14-11(16)8-15-7-4-6-10(13)12(15)17/h4,6-7,9H,3,5,8H2,1-2H3,(H,14,16). The highest BCUT2D eigenvalue weighted by Crippen LogP contribution is 2.00. The Bertz CT molecular complexity index is 442. The monoisotopic (exact) mass is 300 g/mol. The average molecular weight is 301 g/mol. The lowest BCUT2D eigenvalue weighted by Crippen LogP contribution is -2.37. The first kappa shape index (κ1) is 14.0. The topological polar surface area (TPSA) is 51.1 Å². The van der Waals surface area contributed by atoms with E-state index in [-0.39, 0.29) is 24.1 Å². The van der Waals surface area contributed by atoms with Crippen molar-refractivity contribution in [2.24, 2.45) is 0 Å². The zero-order chi connectivity index (χ0) is 12.8. The van der Waals surface area contributed by atoms with Gasteiger partial charge in [0.1, 0.15) is 6.54 Å². The van der Waals surface area contributed by atoms with Crippen molar-refractivity contribution in [1.82, 2.24) is 9.88 Å². The third kappa shape index (κ3) is 4.34. The lowest BCUT2D eigenvalue weighted by atomic mass is 10.2. The van der Waals surface area contributed by atoms with Gasteiger partial charge in [0.05, 0.1) is 4.47 Å². The Morgan fingerprint density at radius 2 is 2.29 bits per heavy atom. The van der Waals surface area contributed by atoms with Crippen LogP contribution in [0.1, 0.15) is 26.7 Å². The molecule has 0 radical (unpaired) electrons. The van der Waals surface area contributed by atoms with Crippen molar-refractivity contribution >= 4 is 21.8 Å². The third-order valence-corrected chi connectivity index (χ3v) is 3.02. The largest absolute Gasteiger partial charge is 0.352 e. The van der Waals surface area contributed by atoms with Crippen LogP contribution >= 0.6 is 15.9 Å². The van der Waals surface area contributed by atoms with Crippen LogP contribution in [0, 0.1) is 0 Å². The highest BCUT2D eigenvalue weighted by molar-refractivity contribution is 9.10.